The minimum Gasteiger partial charge on any atom is -0.399 e. The third kappa shape index (κ3) is 3.68. The molecule has 0 aliphatic rings. The fraction of sp³-hybridized carbons (Fsp3) is 0.455. The van der Waals surface area contributed by atoms with Crippen molar-refractivity contribution >= 4 is 31.6 Å². The van der Waals surface area contributed by atoms with Gasteiger partial charge in [0.25, 0.3) is 0 Å². The lowest BCUT2D eigenvalue weighted by atomic mass is 10.3. The van der Waals surface area contributed by atoms with E-state index in [2.05, 4.69) is 15.9 Å². The van der Waals surface area contributed by atoms with Gasteiger partial charge in [0.05, 0.1) is 4.90 Å². The van der Waals surface area contributed by atoms with Crippen molar-refractivity contribution in [2.45, 2.75) is 4.90 Å². The molecule has 1 aromatic carbocycles. The zero-order chi connectivity index (χ0) is 13.9. The average Bonchev–Trinajstić information content (AvgIpc) is 2.24. The Bertz CT molecular complexity index is 517. The molecule has 1 rings (SSSR count). The molecular formula is C11H18BrN3O2S. The molecule has 0 radical (unpaired) electrons. The van der Waals surface area contributed by atoms with Crippen LogP contribution in [0.5, 0.6) is 0 Å². The van der Waals surface area contributed by atoms with Gasteiger partial charge in [-0.2, -0.15) is 4.31 Å². The molecule has 0 heterocycles. The smallest absolute Gasteiger partial charge is 0.243 e. The molecule has 18 heavy (non-hydrogen) atoms. The molecular weight excluding hydrogens is 318 g/mol. The van der Waals surface area contributed by atoms with Crippen LogP contribution in [0.1, 0.15) is 0 Å². The zero-order valence-electron chi connectivity index (χ0n) is 10.7. The van der Waals surface area contributed by atoms with Crippen LogP contribution in [-0.2, 0) is 10.0 Å². The minimum atomic E-state index is -3.48. The van der Waals surface area contributed by atoms with Gasteiger partial charge in [0.2, 0.25) is 10.0 Å². The maximum Gasteiger partial charge on any atom is 0.243 e. The molecule has 0 aromatic heterocycles. The highest BCUT2D eigenvalue weighted by Crippen LogP contribution is 2.26. The molecule has 0 saturated carbocycles. The summed E-state index contributed by atoms with van der Waals surface area (Å²) in [6.45, 7) is 1.11. The van der Waals surface area contributed by atoms with Crippen molar-refractivity contribution in [3.8, 4) is 0 Å². The summed E-state index contributed by atoms with van der Waals surface area (Å²) < 4.78 is 26.4. The summed E-state index contributed by atoms with van der Waals surface area (Å²) in [5.41, 5.74) is 6.12. The summed E-state index contributed by atoms with van der Waals surface area (Å²) in [5.74, 6) is 0. The Balaban J connectivity index is 2.98. The Morgan fingerprint density at radius 2 is 1.83 bits per heavy atom. The third-order valence-corrected chi connectivity index (χ3v) is 5.34. The highest BCUT2D eigenvalue weighted by Gasteiger charge is 2.23. The van der Waals surface area contributed by atoms with Crippen molar-refractivity contribution in [3.63, 3.8) is 0 Å². The molecule has 0 bridgehead atoms. The quantitative estimate of drug-likeness (QED) is 0.821. The molecule has 0 fully saturated rings. The molecule has 0 unspecified atom stereocenters. The van der Waals surface area contributed by atoms with Crippen LogP contribution in [0.15, 0.2) is 27.6 Å². The molecule has 1 aromatic rings. The molecule has 2 N–H and O–H groups in total. The SMILES string of the molecule is CN(C)CCN(C)S(=O)(=O)c1ccc(N)cc1Br. The van der Waals surface area contributed by atoms with E-state index in [-0.39, 0.29) is 4.90 Å². The monoisotopic (exact) mass is 335 g/mol. The second-order valence-electron chi connectivity index (χ2n) is 4.32. The summed E-state index contributed by atoms with van der Waals surface area (Å²) in [7, 11) is 1.90. The van der Waals surface area contributed by atoms with E-state index in [0.29, 0.717) is 23.2 Å². The molecule has 0 amide bonds. The summed E-state index contributed by atoms with van der Waals surface area (Å²) in [6.07, 6.45) is 0. The molecule has 5 nitrogen and oxygen atoms in total. The van der Waals surface area contributed by atoms with Gasteiger partial charge in [0.15, 0.2) is 0 Å². The Hall–Kier alpha value is -0.630. The molecule has 102 valence electrons. The standard InChI is InChI=1S/C11H18BrN3O2S/c1-14(2)6-7-15(3)18(16,17)11-5-4-9(13)8-10(11)12/h4-5,8H,6-7,13H2,1-3H3. The molecule has 0 spiro atoms. The van der Waals surface area contributed by atoms with Crippen LogP contribution >= 0.6 is 15.9 Å². The van der Waals surface area contributed by atoms with E-state index in [4.69, 9.17) is 5.73 Å². The van der Waals surface area contributed by atoms with Gasteiger partial charge >= 0.3 is 0 Å². The number of sulfonamides is 1. The molecule has 7 heteroatoms. The topological polar surface area (TPSA) is 66.6 Å². The molecule has 0 aliphatic heterocycles. The van der Waals surface area contributed by atoms with E-state index >= 15 is 0 Å². The summed E-state index contributed by atoms with van der Waals surface area (Å²) >= 11 is 3.24. The van der Waals surface area contributed by atoms with Crippen LogP contribution in [0.25, 0.3) is 0 Å². The number of nitrogens with zero attached hydrogens (tertiary/aromatic N) is 2. The lowest BCUT2D eigenvalue weighted by Gasteiger charge is -2.20. The van der Waals surface area contributed by atoms with Crippen LogP contribution < -0.4 is 5.73 Å². The van der Waals surface area contributed by atoms with Crippen LogP contribution in [0.2, 0.25) is 0 Å². The fourth-order valence-corrected chi connectivity index (χ4v) is 3.57. The number of anilines is 1. The van der Waals surface area contributed by atoms with Gasteiger partial charge < -0.3 is 10.6 Å². The van der Waals surface area contributed by atoms with Crippen molar-refractivity contribution in [3.05, 3.63) is 22.7 Å². The number of rotatable bonds is 5. The molecule has 0 atom stereocenters. The number of hydrogen-bond acceptors (Lipinski definition) is 4. The Morgan fingerprint density at radius 1 is 1.22 bits per heavy atom. The number of halogens is 1. The summed E-state index contributed by atoms with van der Waals surface area (Å²) in [5, 5.41) is 0. The lowest BCUT2D eigenvalue weighted by molar-refractivity contribution is 0.358. The highest BCUT2D eigenvalue weighted by atomic mass is 79.9. The number of hydrogen-bond donors (Lipinski definition) is 1. The summed E-state index contributed by atoms with van der Waals surface area (Å²) in [4.78, 5) is 2.17. The van der Waals surface area contributed by atoms with Gasteiger partial charge in [-0.1, -0.05) is 0 Å². The van der Waals surface area contributed by atoms with Crippen molar-refractivity contribution in [1.82, 2.24) is 9.21 Å². The Kier molecular flexibility index (Phi) is 5.15. The van der Waals surface area contributed by atoms with Gasteiger partial charge in [-0.15, -0.1) is 0 Å². The maximum absolute atomic E-state index is 12.3. The third-order valence-electron chi connectivity index (χ3n) is 2.51. The Labute approximate surface area is 117 Å². The first-order chi connectivity index (χ1) is 8.25. The second-order valence-corrected chi connectivity index (χ2v) is 7.19. The first-order valence-corrected chi connectivity index (χ1v) is 7.64. The first kappa shape index (κ1) is 15.4. The van der Waals surface area contributed by atoms with Crippen molar-refractivity contribution in [2.24, 2.45) is 0 Å². The van der Waals surface area contributed by atoms with E-state index < -0.39 is 10.0 Å². The van der Waals surface area contributed by atoms with E-state index in [1.807, 2.05) is 19.0 Å². The number of benzene rings is 1. The van der Waals surface area contributed by atoms with E-state index in [1.165, 1.54) is 10.4 Å². The van der Waals surface area contributed by atoms with E-state index in [9.17, 15) is 8.42 Å². The Morgan fingerprint density at radius 3 is 2.33 bits per heavy atom. The van der Waals surface area contributed by atoms with Crippen molar-refractivity contribution in [2.75, 3.05) is 40.0 Å². The van der Waals surface area contributed by atoms with Gasteiger partial charge in [-0.05, 0) is 48.2 Å². The molecule has 0 aliphatic carbocycles. The lowest BCUT2D eigenvalue weighted by Crippen LogP contribution is -2.33. The van der Waals surface area contributed by atoms with Gasteiger partial charge in [0.1, 0.15) is 0 Å². The minimum absolute atomic E-state index is 0.234. The van der Waals surface area contributed by atoms with Crippen molar-refractivity contribution < 1.29 is 8.42 Å². The number of nitrogen functional groups attached to an aromatic ring is 1. The van der Waals surface area contributed by atoms with E-state index in [0.717, 1.165) is 0 Å². The van der Waals surface area contributed by atoms with Gasteiger partial charge in [-0.25, -0.2) is 8.42 Å². The van der Waals surface area contributed by atoms with Crippen LogP contribution in [-0.4, -0.2) is 51.9 Å². The predicted molar refractivity (Wildman–Crippen MR) is 76.9 cm³/mol. The van der Waals surface area contributed by atoms with E-state index in [1.54, 1.807) is 19.2 Å². The largest absolute Gasteiger partial charge is 0.399 e. The molecule has 0 saturated heterocycles. The number of nitrogens with two attached hydrogens (primary N) is 1. The average molecular weight is 336 g/mol. The predicted octanol–water partition coefficient (Wildman–Crippen LogP) is 1.21. The fourth-order valence-electron chi connectivity index (χ4n) is 1.36. The van der Waals surface area contributed by atoms with Crippen molar-refractivity contribution in [1.29, 1.82) is 0 Å². The van der Waals surface area contributed by atoms with Gasteiger partial charge in [0, 0.05) is 30.3 Å². The van der Waals surface area contributed by atoms with Crippen LogP contribution in [0, 0.1) is 0 Å². The van der Waals surface area contributed by atoms with Gasteiger partial charge in [-0.3, -0.25) is 0 Å². The maximum atomic E-state index is 12.3. The zero-order valence-corrected chi connectivity index (χ0v) is 13.1. The van der Waals surface area contributed by atoms with Crippen LogP contribution in [0.3, 0.4) is 0 Å². The first-order valence-electron chi connectivity index (χ1n) is 5.41. The summed E-state index contributed by atoms with van der Waals surface area (Å²) in [6, 6.07) is 4.69. The number of likely N-dealkylation sites (N-methyl/N-ethyl adjacent to an activating group) is 2. The van der Waals surface area contributed by atoms with Crippen LogP contribution in [0.4, 0.5) is 5.69 Å². The normalized spacial score (nSPS) is 12.3. The highest BCUT2D eigenvalue weighted by molar-refractivity contribution is 9.10. The second kappa shape index (κ2) is 6.01.